The molecule has 1 heterocycles. The van der Waals surface area contributed by atoms with E-state index in [1.54, 1.807) is 13.2 Å². The number of hydrogen-bond acceptors (Lipinski definition) is 3. The monoisotopic (exact) mass is 355 g/mol. The quantitative estimate of drug-likeness (QED) is 0.776. The largest absolute Gasteiger partial charge is 0.383 e. The molecule has 0 saturated heterocycles. The van der Waals surface area contributed by atoms with E-state index in [4.69, 9.17) is 4.74 Å². The average Bonchev–Trinajstić information content (AvgIpc) is 2.81. The lowest BCUT2D eigenvalue weighted by Crippen LogP contribution is -2.19. The molecule has 0 fully saturated rings. The molecule has 0 aliphatic rings. The molecule has 1 aromatic carbocycles. The van der Waals surface area contributed by atoms with Crippen LogP contribution in [0, 0.1) is 12.7 Å². The second-order valence-corrected chi connectivity index (χ2v) is 5.59. The van der Waals surface area contributed by atoms with Crippen LogP contribution in [0.25, 0.3) is 0 Å². The first kappa shape index (κ1) is 16.1. The number of nitrogens with zero attached hydrogens (tertiary/aromatic N) is 2. The summed E-state index contributed by atoms with van der Waals surface area (Å²) in [4.78, 5) is 0. The minimum absolute atomic E-state index is 0.251. The highest BCUT2D eigenvalue weighted by molar-refractivity contribution is 9.10. The van der Waals surface area contributed by atoms with E-state index in [-0.39, 0.29) is 5.82 Å². The highest BCUT2D eigenvalue weighted by Crippen LogP contribution is 2.22. The summed E-state index contributed by atoms with van der Waals surface area (Å²) in [5.41, 5.74) is 3.09. The predicted molar refractivity (Wildman–Crippen MR) is 83.7 cm³/mol. The number of methoxy groups -OCH3 is 1. The number of ether oxygens (including phenoxy) is 1. The molecule has 4 nitrogen and oxygen atoms in total. The van der Waals surface area contributed by atoms with Crippen molar-refractivity contribution in [2.24, 2.45) is 0 Å². The fourth-order valence-corrected chi connectivity index (χ4v) is 2.44. The maximum atomic E-state index is 13.5. The summed E-state index contributed by atoms with van der Waals surface area (Å²) < 4.78 is 20.9. The molecule has 0 amide bonds. The van der Waals surface area contributed by atoms with Gasteiger partial charge in [-0.25, -0.2) is 4.39 Å². The first-order chi connectivity index (χ1) is 10.1. The van der Waals surface area contributed by atoms with Crippen molar-refractivity contribution >= 4 is 15.9 Å². The number of nitrogens with one attached hydrogen (secondary N) is 1. The molecule has 2 aromatic rings. The van der Waals surface area contributed by atoms with Crippen LogP contribution in [0.3, 0.4) is 0 Å². The summed E-state index contributed by atoms with van der Waals surface area (Å²) in [6, 6.07) is 5.04. The molecule has 0 bridgehead atoms. The van der Waals surface area contributed by atoms with E-state index >= 15 is 0 Å². The van der Waals surface area contributed by atoms with E-state index in [1.165, 1.54) is 6.07 Å². The summed E-state index contributed by atoms with van der Waals surface area (Å²) in [6.07, 6.45) is 1.85. The Morgan fingerprint density at radius 2 is 2.19 bits per heavy atom. The van der Waals surface area contributed by atoms with E-state index in [0.717, 1.165) is 29.9 Å². The third-order valence-corrected chi connectivity index (χ3v) is 4.24. The third kappa shape index (κ3) is 4.12. The zero-order valence-corrected chi connectivity index (χ0v) is 13.8. The van der Waals surface area contributed by atoms with Crippen LogP contribution in [0.2, 0.25) is 0 Å². The van der Waals surface area contributed by atoms with Crippen LogP contribution in [0.15, 0.2) is 28.9 Å². The Balaban J connectivity index is 2.04. The number of halogens is 2. The van der Waals surface area contributed by atoms with Crippen molar-refractivity contribution in [3.8, 4) is 0 Å². The summed E-state index contributed by atoms with van der Waals surface area (Å²) in [6.45, 7) is 4.80. The molecule has 1 aromatic heterocycles. The first-order valence-corrected chi connectivity index (χ1v) is 7.56. The normalized spacial score (nSPS) is 11.0. The number of hydrogen-bond donors (Lipinski definition) is 1. The summed E-state index contributed by atoms with van der Waals surface area (Å²) >= 11 is 3.29. The van der Waals surface area contributed by atoms with Gasteiger partial charge in [0, 0.05) is 31.5 Å². The number of aromatic nitrogens is 2. The van der Waals surface area contributed by atoms with Crippen molar-refractivity contribution in [2.45, 2.75) is 20.0 Å². The Bertz CT molecular complexity index is 601. The SMILES string of the molecule is COCCNCc1cnn(Cc2cccc(F)c2Br)c1C. The highest BCUT2D eigenvalue weighted by Gasteiger charge is 2.10. The van der Waals surface area contributed by atoms with Gasteiger partial charge in [-0.15, -0.1) is 0 Å². The second-order valence-electron chi connectivity index (χ2n) is 4.80. The van der Waals surface area contributed by atoms with Crippen molar-refractivity contribution in [3.05, 3.63) is 51.5 Å². The molecule has 21 heavy (non-hydrogen) atoms. The van der Waals surface area contributed by atoms with E-state index in [2.05, 4.69) is 26.3 Å². The zero-order chi connectivity index (χ0) is 15.2. The predicted octanol–water partition coefficient (Wildman–Crippen LogP) is 2.88. The van der Waals surface area contributed by atoms with Crippen LogP contribution in [0.5, 0.6) is 0 Å². The lowest BCUT2D eigenvalue weighted by molar-refractivity contribution is 0.199. The molecule has 0 spiro atoms. The Morgan fingerprint density at radius 3 is 2.95 bits per heavy atom. The van der Waals surface area contributed by atoms with Crippen molar-refractivity contribution < 1.29 is 9.13 Å². The average molecular weight is 356 g/mol. The van der Waals surface area contributed by atoms with Gasteiger partial charge in [0.2, 0.25) is 0 Å². The van der Waals surface area contributed by atoms with E-state index in [9.17, 15) is 4.39 Å². The molecule has 0 unspecified atom stereocenters. The Hall–Kier alpha value is -1.24. The molecule has 2 rings (SSSR count). The zero-order valence-electron chi connectivity index (χ0n) is 12.2. The molecule has 0 saturated carbocycles. The van der Waals surface area contributed by atoms with Gasteiger partial charge in [0.25, 0.3) is 0 Å². The molecule has 6 heteroatoms. The molecular formula is C15H19BrFN3O. The first-order valence-electron chi connectivity index (χ1n) is 6.77. The lowest BCUT2D eigenvalue weighted by Gasteiger charge is -2.09. The van der Waals surface area contributed by atoms with Crippen LogP contribution in [-0.2, 0) is 17.8 Å². The summed E-state index contributed by atoms with van der Waals surface area (Å²) in [5.74, 6) is -0.251. The maximum absolute atomic E-state index is 13.5. The van der Waals surface area contributed by atoms with E-state index < -0.39 is 0 Å². The van der Waals surface area contributed by atoms with Gasteiger partial charge in [0.05, 0.1) is 23.8 Å². The Morgan fingerprint density at radius 1 is 1.38 bits per heavy atom. The van der Waals surface area contributed by atoms with E-state index in [1.807, 2.05) is 23.9 Å². The van der Waals surface area contributed by atoms with Crippen LogP contribution in [0.1, 0.15) is 16.8 Å². The van der Waals surface area contributed by atoms with Gasteiger partial charge in [-0.1, -0.05) is 12.1 Å². The van der Waals surface area contributed by atoms with Gasteiger partial charge in [0.1, 0.15) is 5.82 Å². The van der Waals surface area contributed by atoms with Gasteiger partial charge in [-0.3, -0.25) is 4.68 Å². The van der Waals surface area contributed by atoms with Gasteiger partial charge >= 0.3 is 0 Å². The Kier molecular flexibility index (Phi) is 5.90. The van der Waals surface area contributed by atoms with Crippen molar-refractivity contribution in [2.75, 3.05) is 20.3 Å². The van der Waals surface area contributed by atoms with Gasteiger partial charge < -0.3 is 10.1 Å². The van der Waals surface area contributed by atoms with Crippen molar-refractivity contribution in [3.63, 3.8) is 0 Å². The van der Waals surface area contributed by atoms with Crippen LogP contribution < -0.4 is 5.32 Å². The second kappa shape index (κ2) is 7.68. The summed E-state index contributed by atoms with van der Waals surface area (Å²) in [7, 11) is 1.68. The van der Waals surface area contributed by atoms with Gasteiger partial charge in [-0.05, 0) is 34.5 Å². The fraction of sp³-hybridized carbons (Fsp3) is 0.400. The van der Waals surface area contributed by atoms with Gasteiger partial charge in [-0.2, -0.15) is 5.10 Å². The smallest absolute Gasteiger partial charge is 0.137 e. The molecule has 114 valence electrons. The maximum Gasteiger partial charge on any atom is 0.137 e. The standard InChI is InChI=1S/C15H19BrFN3O/c1-11-13(8-18-6-7-21-2)9-19-20(11)10-12-4-3-5-14(17)15(12)16/h3-5,9,18H,6-8,10H2,1-2H3. The topological polar surface area (TPSA) is 39.1 Å². The molecule has 0 atom stereocenters. The molecular weight excluding hydrogens is 337 g/mol. The van der Waals surface area contributed by atoms with E-state index in [0.29, 0.717) is 17.6 Å². The fourth-order valence-electron chi connectivity index (χ4n) is 2.05. The van der Waals surface area contributed by atoms with Crippen LogP contribution in [-0.4, -0.2) is 30.0 Å². The molecule has 0 aliphatic heterocycles. The van der Waals surface area contributed by atoms with Crippen LogP contribution in [0.4, 0.5) is 4.39 Å². The van der Waals surface area contributed by atoms with Crippen molar-refractivity contribution in [1.82, 2.24) is 15.1 Å². The van der Waals surface area contributed by atoms with Gasteiger partial charge in [0.15, 0.2) is 0 Å². The van der Waals surface area contributed by atoms with Crippen molar-refractivity contribution in [1.29, 1.82) is 0 Å². The third-order valence-electron chi connectivity index (χ3n) is 3.35. The molecule has 1 N–H and O–H groups in total. The lowest BCUT2D eigenvalue weighted by atomic mass is 10.2. The highest BCUT2D eigenvalue weighted by atomic mass is 79.9. The Labute approximate surface area is 132 Å². The number of rotatable bonds is 7. The number of benzene rings is 1. The molecule has 0 aliphatic carbocycles. The van der Waals surface area contributed by atoms with Crippen LogP contribution >= 0.6 is 15.9 Å². The minimum atomic E-state index is -0.251. The molecule has 0 radical (unpaired) electrons. The summed E-state index contributed by atoms with van der Waals surface area (Å²) in [5, 5.41) is 7.68. The minimum Gasteiger partial charge on any atom is -0.383 e.